The molecule has 0 aromatic carbocycles. The number of halogens is 1. The lowest BCUT2D eigenvalue weighted by Crippen LogP contribution is -2.46. The number of ether oxygens (including phenoxy) is 2. The first-order chi connectivity index (χ1) is 14.6. The fraction of sp³-hybridized carbons (Fsp3) is 0.917. The Morgan fingerprint density at radius 1 is 1.03 bits per heavy atom. The van der Waals surface area contributed by atoms with Gasteiger partial charge in [-0.2, -0.15) is 0 Å². The van der Waals surface area contributed by atoms with Gasteiger partial charge in [0, 0.05) is 19.0 Å². The zero-order valence-electron chi connectivity index (χ0n) is 22.8. The molecule has 0 bridgehead atoms. The van der Waals surface area contributed by atoms with Crippen molar-refractivity contribution in [1.29, 1.82) is 0 Å². The number of nitrogens with one attached hydrogen (secondary N) is 1. The maximum atomic E-state index is 15.2. The molecule has 0 aromatic heterocycles. The molecule has 1 N–H and O–H groups in total. The Balaban J connectivity index is 2.93. The fourth-order valence-electron chi connectivity index (χ4n) is 3.37. The van der Waals surface area contributed by atoms with Crippen molar-refractivity contribution >= 4 is 20.5 Å². The molecule has 33 heavy (non-hydrogen) atoms. The number of alkyl carbamates (subject to hydrolysis) is 1. The highest BCUT2D eigenvalue weighted by Gasteiger charge is 2.45. The first-order valence-corrected chi connectivity index (χ1v) is 14.8. The molecular formula is C24H47FN2O5Si. The molecule has 194 valence electrons. The van der Waals surface area contributed by atoms with E-state index in [-0.39, 0.29) is 23.6 Å². The SMILES string of the molecule is CC(NC(=O)OC(C)(C)C)C(F)CC1CC(O[Si](C)(C)C(C)(C)C)CN1C(=O)OC(C)(C)C. The lowest BCUT2D eigenvalue weighted by atomic mass is 10.0. The molecule has 4 unspecified atom stereocenters. The number of rotatable bonds is 6. The molecule has 1 aliphatic rings. The highest BCUT2D eigenvalue weighted by molar-refractivity contribution is 6.74. The minimum Gasteiger partial charge on any atom is -0.444 e. The summed E-state index contributed by atoms with van der Waals surface area (Å²) in [6.07, 6.45) is -2.05. The molecule has 4 atom stereocenters. The van der Waals surface area contributed by atoms with Crippen molar-refractivity contribution in [3.05, 3.63) is 0 Å². The Labute approximate surface area is 201 Å². The molecule has 0 spiro atoms. The predicted octanol–water partition coefficient (Wildman–Crippen LogP) is 6.03. The van der Waals surface area contributed by atoms with Crippen LogP contribution in [0.2, 0.25) is 18.1 Å². The topological polar surface area (TPSA) is 77.1 Å². The highest BCUT2D eigenvalue weighted by atomic mass is 28.4. The minimum atomic E-state index is -2.06. The average Bonchev–Trinajstić information content (AvgIpc) is 2.91. The van der Waals surface area contributed by atoms with Crippen molar-refractivity contribution in [2.24, 2.45) is 0 Å². The van der Waals surface area contributed by atoms with E-state index in [4.69, 9.17) is 13.9 Å². The van der Waals surface area contributed by atoms with Crippen LogP contribution in [0, 0.1) is 0 Å². The third kappa shape index (κ3) is 9.80. The van der Waals surface area contributed by atoms with Gasteiger partial charge < -0.3 is 24.1 Å². The third-order valence-electron chi connectivity index (χ3n) is 6.06. The van der Waals surface area contributed by atoms with Crippen molar-refractivity contribution < 1.29 is 27.9 Å². The van der Waals surface area contributed by atoms with E-state index in [1.165, 1.54) is 0 Å². The Morgan fingerprint density at radius 2 is 1.55 bits per heavy atom. The molecular weight excluding hydrogens is 443 g/mol. The Kier molecular flexibility index (Phi) is 9.44. The van der Waals surface area contributed by atoms with Crippen LogP contribution in [0.1, 0.15) is 82.1 Å². The number of nitrogens with zero attached hydrogens (tertiary/aromatic N) is 1. The molecule has 1 saturated heterocycles. The smallest absolute Gasteiger partial charge is 0.410 e. The van der Waals surface area contributed by atoms with Gasteiger partial charge in [0.15, 0.2) is 8.32 Å². The summed E-state index contributed by atoms with van der Waals surface area (Å²) in [7, 11) is -2.06. The number of hydrogen-bond acceptors (Lipinski definition) is 5. The van der Waals surface area contributed by atoms with E-state index in [9.17, 15) is 9.59 Å². The van der Waals surface area contributed by atoms with E-state index in [0.717, 1.165) is 0 Å². The summed E-state index contributed by atoms with van der Waals surface area (Å²) in [5, 5.41) is 2.59. The molecule has 0 aliphatic carbocycles. The van der Waals surface area contributed by atoms with Gasteiger partial charge >= 0.3 is 12.2 Å². The monoisotopic (exact) mass is 490 g/mol. The van der Waals surface area contributed by atoms with Crippen molar-refractivity contribution in [3.63, 3.8) is 0 Å². The number of alkyl halides is 1. The van der Waals surface area contributed by atoms with E-state index < -0.39 is 43.9 Å². The number of amides is 2. The zero-order valence-corrected chi connectivity index (χ0v) is 23.8. The van der Waals surface area contributed by atoms with Gasteiger partial charge in [-0.1, -0.05) is 20.8 Å². The first-order valence-electron chi connectivity index (χ1n) is 11.9. The second-order valence-electron chi connectivity index (χ2n) is 12.7. The van der Waals surface area contributed by atoms with Gasteiger partial charge in [0.1, 0.15) is 17.4 Å². The first kappa shape index (κ1) is 29.7. The maximum Gasteiger partial charge on any atom is 0.410 e. The average molecular weight is 491 g/mol. The normalized spacial score (nSPS) is 22.0. The van der Waals surface area contributed by atoms with Gasteiger partial charge in [-0.3, -0.25) is 0 Å². The molecule has 0 aromatic rings. The fourth-order valence-corrected chi connectivity index (χ4v) is 4.73. The number of carbonyl (C=O) groups is 2. The van der Waals surface area contributed by atoms with Crippen molar-refractivity contribution in [2.45, 2.75) is 136 Å². The van der Waals surface area contributed by atoms with Gasteiger partial charge in [0.25, 0.3) is 0 Å². The van der Waals surface area contributed by atoms with Crippen molar-refractivity contribution in [1.82, 2.24) is 10.2 Å². The Morgan fingerprint density at radius 3 is 2.00 bits per heavy atom. The van der Waals surface area contributed by atoms with E-state index in [0.29, 0.717) is 13.0 Å². The minimum absolute atomic E-state index is 0.0241. The summed E-state index contributed by atoms with van der Waals surface area (Å²) < 4.78 is 32.6. The standard InChI is InChI=1S/C24H47FN2O5Si/c1-16(26-20(28)30-22(2,3)4)19(25)14-17-13-18(32-33(11,12)24(8,9)10)15-27(17)21(29)31-23(5,6)7/h16-19H,13-15H2,1-12H3,(H,26,28). The van der Waals surface area contributed by atoms with Crippen LogP contribution in [0.5, 0.6) is 0 Å². The number of carbonyl (C=O) groups excluding carboxylic acids is 2. The van der Waals surface area contributed by atoms with Crippen LogP contribution in [0.3, 0.4) is 0 Å². The lowest BCUT2D eigenvalue weighted by Gasteiger charge is -2.38. The van der Waals surface area contributed by atoms with Crippen molar-refractivity contribution in [3.8, 4) is 0 Å². The van der Waals surface area contributed by atoms with Gasteiger partial charge in [0.05, 0.1) is 12.1 Å². The van der Waals surface area contributed by atoms with E-state index in [2.05, 4.69) is 39.2 Å². The highest BCUT2D eigenvalue weighted by Crippen LogP contribution is 2.39. The van der Waals surface area contributed by atoms with E-state index in [1.807, 2.05) is 20.8 Å². The predicted molar refractivity (Wildman–Crippen MR) is 132 cm³/mol. The Hall–Kier alpha value is -1.35. The van der Waals surface area contributed by atoms with E-state index in [1.54, 1.807) is 32.6 Å². The molecule has 1 rings (SSSR count). The molecule has 2 amide bonds. The summed E-state index contributed by atoms with van der Waals surface area (Å²) in [5.74, 6) is 0. The van der Waals surface area contributed by atoms with Gasteiger partial charge in [-0.15, -0.1) is 0 Å². The summed E-state index contributed by atoms with van der Waals surface area (Å²) in [4.78, 5) is 26.5. The Bertz CT molecular complexity index is 682. The molecule has 9 heteroatoms. The molecule has 1 aliphatic heterocycles. The van der Waals surface area contributed by atoms with E-state index >= 15 is 4.39 Å². The number of likely N-dealkylation sites (tertiary alicyclic amines) is 1. The van der Waals surface area contributed by atoms with Gasteiger partial charge in [0.2, 0.25) is 0 Å². The molecule has 0 radical (unpaired) electrons. The van der Waals surface area contributed by atoms with Crippen LogP contribution in [0.4, 0.5) is 14.0 Å². The molecule has 1 heterocycles. The molecule has 7 nitrogen and oxygen atoms in total. The largest absolute Gasteiger partial charge is 0.444 e. The van der Waals surface area contributed by atoms with Crippen LogP contribution in [0.25, 0.3) is 0 Å². The van der Waals surface area contributed by atoms with Crippen LogP contribution >= 0.6 is 0 Å². The summed E-state index contributed by atoms with van der Waals surface area (Å²) in [6.45, 7) is 23.5. The number of hydrogen-bond donors (Lipinski definition) is 1. The maximum absolute atomic E-state index is 15.2. The molecule has 1 fully saturated rings. The van der Waals surface area contributed by atoms with Crippen LogP contribution < -0.4 is 5.32 Å². The van der Waals surface area contributed by atoms with Gasteiger partial charge in [-0.05, 0) is 73.0 Å². The van der Waals surface area contributed by atoms with Crippen LogP contribution in [0.15, 0.2) is 0 Å². The quantitative estimate of drug-likeness (QED) is 0.460. The molecule has 0 saturated carbocycles. The second-order valence-corrected chi connectivity index (χ2v) is 17.5. The summed E-state index contributed by atoms with van der Waals surface area (Å²) in [5.41, 5.74) is -1.32. The summed E-state index contributed by atoms with van der Waals surface area (Å²) in [6, 6.07) is -1.15. The van der Waals surface area contributed by atoms with Crippen LogP contribution in [-0.4, -0.2) is 67.5 Å². The second kappa shape index (κ2) is 10.5. The zero-order chi connectivity index (χ0) is 26.0. The van der Waals surface area contributed by atoms with Crippen molar-refractivity contribution in [2.75, 3.05) is 6.54 Å². The summed E-state index contributed by atoms with van der Waals surface area (Å²) >= 11 is 0. The lowest BCUT2D eigenvalue weighted by molar-refractivity contribution is 0.0176. The third-order valence-corrected chi connectivity index (χ3v) is 10.6. The van der Waals surface area contributed by atoms with Crippen LogP contribution in [-0.2, 0) is 13.9 Å². The van der Waals surface area contributed by atoms with Gasteiger partial charge in [-0.25, -0.2) is 14.0 Å².